The number of aryl methyl sites for hydroxylation is 1. The van der Waals surface area contributed by atoms with Crippen LogP contribution < -0.4 is 0 Å². The molecule has 1 N–H and O–H groups in total. The fraction of sp³-hybridized carbons (Fsp3) is 0.667. The van der Waals surface area contributed by atoms with Crippen LogP contribution in [0.1, 0.15) is 43.4 Å². The van der Waals surface area contributed by atoms with E-state index in [0.29, 0.717) is 6.04 Å². The van der Waals surface area contributed by atoms with Crippen molar-refractivity contribution in [3.63, 3.8) is 0 Å². The number of aliphatic hydroxyl groups excluding tert-OH is 1. The standard InChI is InChI=1S/C18H30N2O/c1-4-20-13-9-16(10-14-20)19(3)12-11-18(21)17-8-6-5-7-15(17)2/h5-8,16,18,21H,4,9-14H2,1-3H3. The summed E-state index contributed by atoms with van der Waals surface area (Å²) in [5.41, 5.74) is 2.26. The number of likely N-dealkylation sites (tertiary alicyclic amines) is 1. The molecule has 3 heteroatoms. The molecule has 0 saturated carbocycles. The summed E-state index contributed by atoms with van der Waals surface area (Å²) in [4.78, 5) is 4.96. The van der Waals surface area contributed by atoms with Gasteiger partial charge < -0.3 is 14.9 Å². The third-order valence-corrected chi connectivity index (χ3v) is 4.93. The summed E-state index contributed by atoms with van der Waals surface area (Å²) in [6.45, 7) is 8.87. The molecule has 0 spiro atoms. The Morgan fingerprint density at radius 3 is 2.57 bits per heavy atom. The predicted octanol–water partition coefficient (Wildman–Crippen LogP) is 2.83. The van der Waals surface area contributed by atoms with Crippen molar-refractivity contribution in [2.75, 3.05) is 33.2 Å². The maximum Gasteiger partial charge on any atom is 0.0804 e. The van der Waals surface area contributed by atoms with Crippen LogP contribution in [0.3, 0.4) is 0 Å². The van der Waals surface area contributed by atoms with E-state index >= 15 is 0 Å². The van der Waals surface area contributed by atoms with E-state index in [2.05, 4.69) is 36.8 Å². The van der Waals surface area contributed by atoms with E-state index < -0.39 is 0 Å². The highest BCUT2D eigenvalue weighted by molar-refractivity contribution is 5.27. The van der Waals surface area contributed by atoms with Crippen molar-refractivity contribution >= 4 is 0 Å². The number of hydrogen-bond donors (Lipinski definition) is 1. The Bertz CT molecular complexity index is 427. The second-order valence-electron chi connectivity index (χ2n) is 6.31. The first kappa shape index (κ1) is 16.5. The van der Waals surface area contributed by atoms with Gasteiger partial charge in [0.1, 0.15) is 0 Å². The van der Waals surface area contributed by atoms with Crippen molar-refractivity contribution in [2.24, 2.45) is 0 Å². The average Bonchev–Trinajstić information content (AvgIpc) is 2.52. The van der Waals surface area contributed by atoms with Gasteiger partial charge in [-0.25, -0.2) is 0 Å². The van der Waals surface area contributed by atoms with Crippen LogP contribution in [-0.4, -0.2) is 54.2 Å². The fourth-order valence-corrected chi connectivity index (χ4v) is 3.30. The van der Waals surface area contributed by atoms with E-state index in [1.54, 1.807) is 0 Å². The highest BCUT2D eigenvalue weighted by Crippen LogP contribution is 2.22. The van der Waals surface area contributed by atoms with Crippen LogP contribution >= 0.6 is 0 Å². The summed E-state index contributed by atoms with van der Waals surface area (Å²) >= 11 is 0. The topological polar surface area (TPSA) is 26.7 Å². The third-order valence-electron chi connectivity index (χ3n) is 4.93. The van der Waals surface area contributed by atoms with Gasteiger partial charge in [0.25, 0.3) is 0 Å². The fourth-order valence-electron chi connectivity index (χ4n) is 3.30. The lowest BCUT2D eigenvalue weighted by molar-refractivity contribution is 0.104. The molecular formula is C18H30N2O. The van der Waals surface area contributed by atoms with E-state index in [1.165, 1.54) is 38.0 Å². The van der Waals surface area contributed by atoms with Crippen molar-refractivity contribution in [3.8, 4) is 0 Å². The summed E-state index contributed by atoms with van der Waals surface area (Å²) in [5.74, 6) is 0. The van der Waals surface area contributed by atoms with Gasteiger partial charge in [-0.2, -0.15) is 0 Å². The van der Waals surface area contributed by atoms with Gasteiger partial charge in [-0.3, -0.25) is 0 Å². The van der Waals surface area contributed by atoms with E-state index in [0.717, 1.165) is 18.5 Å². The molecule has 1 heterocycles. The molecule has 1 atom stereocenters. The Labute approximate surface area is 129 Å². The Morgan fingerprint density at radius 2 is 1.95 bits per heavy atom. The zero-order valence-electron chi connectivity index (χ0n) is 13.8. The van der Waals surface area contributed by atoms with Crippen LogP contribution in [0.15, 0.2) is 24.3 Å². The first-order valence-electron chi connectivity index (χ1n) is 8.28. The van der Waals surface area contributed by atoms with Gasteiger partial charge >= 0.3 is 0 Å². The molecule has 0 amide bonds. The van der Waals surface area contributed by atoms with E-state index in [4.69, 9.17) is 0 Å². The van der Waals surface area contributed by atoms with Crippen LogP contribution in [0.2, 0.25) is 0 Å². The quantitative estimate of drug-likeness (QED) is 0.873. The van der Waals surface area contributed by atoms with Crippen LogP contribution in [0.4, 0.5) is 0 Å². The normalized spacial score (nSPS) is 19.1. The molecule has 1 fully saturated rings. The Balaban J connectivity index is 1.79. The first-order valence-corrected chi connectivity index (χ1v) is 8.28. The van der Waals surface area contributed by atoms with Gasteiger partial charge in [0, 0.05) is 12.6 Å². The SMILES string of the molecule is CCN1CCC(N(C)CCC(O)c2ccccc2C)CC1. The van der Waals surface area contributed by atoms with Gasteiger partial charge in [-0.1, -0.05) is 31.2 Å². The average molecular weight is 290 g/mol. The third kappa shape index (κ3) is 4.53. The van der Waals surface area contributed by atoms with Gasteiger partial charge in [0.05, 0.1) is 6.10 Å². The van der Waals surface area contributed by atoms with E-state index in [1.807, 2.05) is 18.2 Å². The van der Waals surface area contributed by atoms with Crippen molar-refractivity contribution < 1.29 is 5.11 Å². The molecule has 1 saturated heterocycles. The second-order valence-corrected chi connectivity index (χ2v) is 6.31. The van der Waals surface area contributed by atoms with Crippen LogP contribution in [0, 0.1) is 6.92 Å². The molecule has 0 aliphatic carbocycles. The van der Waals surface area contributed by atoms with Gasteiger partial charge in [0.15, 0.2) is 0 Å². The van der Waals surface area contributed by atoms with Crippen molar-refractivity contribution in [1.82, 2.24) is 9.80 Å². The zero-order valence-corrected chi connectivity index (χ0v) is 13.8. The maximum atomic E-state index is 10.4. The Hall–Kier alpha value is -0.900. The summed E-state index contributed by atoms with van der Waals surface area (Å²) in [6.07, 6.45) is 2.98. The number of aliphatic hydroxyl groups is 1. The summed E-state index contributed by atoms with van der Waals surface area (Å²) < 4.78 is 0. The van der Waals surface area contributed by atoms with E-state index in [-0.39, 0.29) is 6.10 Å². The zero-order chi connectivity index (χ0) is 15.2. The molecule has 21 heavy (non-hydrogen) atoms. The number of hydrogen-bond acceptors (Lipinski definition) is 3. The number of piperidine rings is 1. The molecule has 1 aliphatic rings. The predicted molar refractivity (Wildman–Crippen MR) is 88.5 cm³/mol. The lowest BCUT2D eigenvalue weighted by Crippen LogP contribution is -2.43. The molecule has 2 rings (SSSR count). The number of nitrogens with zero attached hydrogens (tertiary/aromatic N) is 2. The van der Waals surface area contributed by atoms with Crippen molar-refractivity contribution in [3.05, 3.63) is 35.4 Å². The van der Waals surface area contributed by atoms with Gasteiger partial charge in [-0.15, -0.1) is 0 Å². The van der Waals surface area contributed by atoms with Crippen LogP contribution in [0.25, 0.3) is 0 Å². The molecule has 0 aromatic heterocycles. The maximum absolute atomic E-state index is 10.4. The largest absolute Gasteiger partial charge is 0.388 e. The molecule has 0 bridgehead atoms. The van der Waals surface area contributed by atoms with Crippen molar-refractivity contribution in [1.29, 1.82) is 0 Å². The van der Waals surface area contributed by atoms with Gasteiger partial charge in [-0.05, 0) is 64.0 Å². The van der Waals surface area contributed by atoms with Gasteiger partial charge in [0.2, 0.25) is 0 Å². The minimum atomic E-state index is -0.343. The lowest BCUT2D eigenvalue weighted by Gasteiger charge is -2.36. The monoisotopic (exact) mass is 290 g/mol. The van der Waals surface area contributed by atoms with Crippen molar-refractivity contribution in [2.45, 2.75) is 45.3 Å². The summed E-state index contributed by atoms with van der Waals surface area (Å²) in [5, 5.41) is 10.4. The van der Waals surface area contributed by atoms with E-state index in [9.17, 15) is 5.11 Å². The van der Waals surface area contributed by atoms with Crippen LogP contribution in [0.5, 0.6) is 0 Å². The molecule has 0 radical (unpaired) electrons. The smallest absolute Gasteiger partial charge is 0.0804 e. The lowest BCUT2D eigenvalue weighted by atomic mass is 10.00. The molecular weight excluding hydrogens is 260 g/mol. The summed E-state index contributed by atoms with van der Waals surface area (Å²) in [6, 6.07) is 8.83. The molecule has 1 aromatic rings. The molecule has 1 unspecified atom stereocenters. The molecule has 1 aromatic carbocycles. The highest BCUT2D eigenvalue weighted by Gasteiger charge is 2.22. The highest BCUT2D eigenvalue weighted by atomic mass is 16.3. The Morgan fingerprint density at radius 1 is 1.29 bits per heavy atom. The number of benzene rings is 1. The molecule has 1 aliphatic heterocycles. The molecule has 3 nitrogen and oxygen atoms in total. The Kier molecular flexibility index (Phi) is 6.22. The van der Waals surface area contributed by atoms with Crippen LogP contribution in [-0.2, 0) is 0 Å². The minimum absolute atomic E-state index is 0.343. The number of rotatable bonds is 6. The molecule has 118 valence electrons. The second kappa shape index (κ2) is 7.92. The first-order chi connectivity index (χ1) is 10.1. The minimum Gasteiger partial charge on any atom is -0.388 e. The summed E-state index contributed by atoms with van der Waals surface area (Å²) in [7, 11) is 2.21.